The van der Waals surface area contributed by atoms with Crippen molar-refractivity contribution in [1.82, 2.24) is 9.88 Å². The third-order valence-corrected chi connectivity index (χ3v) is 6.30. The molecule has 0 radical (unpaired) electrons. The zero-order valence-corrected chi connectivity index (χ0v) is 21.5. The number of ether oxygens (including phenoxy) is 3. The quantitative estimate of drug-likeness (QED) is 0.376. The zero-order chi connectivity index (χ0) is 23.3. The fourth-order valence-electron chi connectivity index (χ4n) is 3.04. The van der Waals surface area contributed by atoms with Crippen LogP contribution in [0.2, 0.25) is 5.02 Å². The van der Waals surface area contributed by atoms with Gasteiger partial charge in [0.25, 0.3) is 5.91 Å². The Morgan fingerprint density at radius 1 is 1.03 bits per heavy atom. The average Bonchev–Trinajstić information content (AvgIpc) is 3.23. The number of carbonyl (C=O) groups excluding carboxylic acids is 1. The maximum atomic E-state index is 13.2. The molecule has 0 unspecified atom stereocenters. The minimum absolute atomic E-state index is 0. The molecule has 1 heterocycles. The number of thiazole rings is 1. The molecule has 0 aliphatic carbocycles. The number of benzene rings is 2. The predicted octanol–water partition coefficient (Wildman–Crippen LogP) is 5.01. The summed E-state index contributed by atoms with van der Waals surface area (Å²) in [6.07, 6.45) is 3.27. The molecule has 1 amide bonds. The molecule has 0 aliphatic heterocycles. The Morgan fingerprint density at radius 2 is 1.70 bits per heavy atom. The summed E-state index contributed by atoms with van der Waals surface area (Å²) < 4.78 is 16.8. The number of nitrogens with zero attached hydrogens (tertiary/aromatic N) is 3. The third-order valence-electron chi connectivity index (χ3n) is 4.76. The van der Waals surface area contributed by atoms with Gasteiger partial charge in [0.15, 0.2) is 16.6 Å². The molecule has 1 aromatic heterocycles. The summed E-state index contributed by atoms with van der Waals surface area (Å²) in [5.41, 5.74) is 1.46. The molecule has 0 bridgehead atoms. The van der Waals surface area contributed by atoms with E-state index in [1.54, 1.807) is 50.5 Å². The summed E-state index contributed by atoms with van der Waals surface area (Å²) in [5.74, 6) is 1.66. The summed E-state index contributed by atoms with van der Waals surface area (Å²) >= 11 is 7.74. The number of halogens is 2. The molecule has 2 aromatic carbocycles. The normalized spacial score (nSPS) is 11.0. The van der Waals surface area contributed by atoms with E-state index in [0.29, 0.717) is 46.0 Å². The van der Waals surface area contributed by atoms with E-state index >= 15 is 0 Å². The van der Waals surface area contributed by atoms with E-state index < -0.39 is 0 Å². The number of hydrogen-bond acceptors (Lipinski definition) is 7. The first-order valence-electron chi connectivity index (χ1n) is 9.87. The summed E-state index contributed by atoms with van der Waals surface area (Å²) in [7, 11) is 8.66. The van der Waals surface area contributed by atoms with Crippen LogP contribution in [-0.4, -0.2) is 64.3 Å². The maximum Gasteiger partial charge on any atom is 0.252 e. The summed E-state index contributed by atoms with van der Waals surface area (Å²) in [6, 6.07) is 9.02. The fourth-order valence-corrected chi connectivity index (χ4v) is 4.32. The van der Waals surface area contributed by atoms with Gasteiger partial charge < -0.3 is 19.1 Å². The lowest BCUT2D eigenvalue weighted by Crippen LogP contribution is -2.35. The van der Waals surface area contributed by atoms with E-state index in [-0.39, 0.29) is 18.3 Å². The van der Waals surface area contributed by atoms with Gasteiger partial charge in [-0.05, 0) is 50.0 Å². The molecule has 33 heavy (non-hydrogen) atoms. The standard InChI is InChI=1S/C23H26ClN3O4S.ClH/c1-26(2)12-13-27(23-25-21-18(30-4)10-8-16(24)22(21)32-23)20(28)11-7-15-6-9-17(29-3)19(14-15)31-5;/h6-11,14H,12-13H2,1-5H3;1H. The molecule has 0 aliphatic rings. The van der Waals surface area contributed by atoms with Crippen LogP contribution in [0.25, 0.3) is 16.3 Å². The number of anilines is 1. The second kappa shape index (κ2) is 12.1. The van der Waals surface area contributed by atoms with Crippen molar-refractivity contribution in [2.75, 3.05) is 53.4 Å². The van der Waals surface area contributed by atoms with Gasteiger partial charge in [0.2, 0.25) is 0 Å². The van der Waals surface area contributed by atoms with Gasteiger partial charge >= 0.3 is 0 Å². The molecule has 0 saturated heterocycles. The second-order valence-electron chi connectivity index (χ2n) is 7.16. The molecule has 10 heteroatoms. The van der Waals surface area contributed by atoms with Crippen molar-refractivity contribution in [1.29, 1.82) is 0 Å². The van der Waals surface area contributed by atoms with Crippen LogP contribution in [0, 0.1) is 0 Å². The highest BCUT2D eigenvalue weighted by Crippen LogP contribution is 2.38. The number of carbonyl (C=O) groups is 1. The highest BCUT2D eigenvalue weighted by Gasteiger charge is 2.20. The molecule has 7 nitrogen and oxygen atoms in total. The van der Waals surface area contributed by atoms with Gasteiger partial charge in [0, 0.05) is 19.2 Å². The van der Waals surface area contributed by atoms with E-state index in [2.05, 4.69) is 4.98 Å². The first-order valence-corrected chi connectivity index (χ1v) is 11.1. The van der Waals surface area contributed by atoms with Gasteiger partial charge in [-0.25, -0.2) is 4.98 Å². The van der Waals surface area contributed by atoms with Gasteiger partial charge in [0.1, 0.15) is 11.3 Å². The SMILES string of the molecule is COc1ccc(C=CC(=O)N(CCN(C)C)c2nc3c(OC)ccc(Cl)c3s2)cc1OC.Cl. The third kappa shape index (κ3) is 6.29. The van der Waals surface area contributed by atoms with E-state index in [1.165, 1.54) is 17.4 Å². The second-order valence-corrected chi connectivity index (χ2v) is 8.55. The van der Waals surface area contributed by atoms with Crippen molar-refractivity contribution in [2.45, 2.75) is 0 Å². The Balaban J connectivity index is 0.00000385. The monoisotopic (exact) mass is 511 g/mol. The average molecular weight is 512 g/mol. The van der Waals surface area contributed by atoms with Gasteiger partial charge in [-0.15, -0.1) is 12.4 Å². The molecule has 3 aromatic rings. The van der Waals surface area contributed by atoms with Crippen LogP contribution in [0.1, 0.15) is 5.56 Å². The summed E-state index contributed by atoms with van der Waals surface area (Å²) in [4.78, 5) is 21.5. The summed E-state index contributed by atoms with van der Waals surface area (Å²) in [6.45, 7) is 1.15. The molecule has 3 rings (SSSR count). The predicted molar refractivity (Wildman–Crippen MR) is 138 cm³/mol. The van der Waals surface area contributed by atoms with Crippen LogP contribution in [0.5, 0.6) is 17.2 Å². The van der Waals surface area contributed by atoms with Crippen molar-refractivity contribution in [3.8, 4) is 17.2 Å². The number of fused-ring (bicyclic) bond motifs is 1. The number of rotatable bonds is 9. The van der Waals surface area contributed by atoms with Crippen molar-refractivity contribution < 1.29 is 19.0 Å². The van der Waals surface area contributed by atoms with Crippen LogP contribution in [0.4, 0.5) is 5.13 Å². The molecule has 178 valence electrons. The number of methoxy groups -OCH3 is 3. The highest BCUT2D eigenvalue weighted by atomic mass is 35.5. The number of aromatic nitrogens is 1. The van der Waals surface area contributed by atoms with Crippen LogP contribution in [0.15, 0.2) is 36.4 Å². The Labute approximate surface area is 208 Å². The maximum absolute atomic E-state index is 13.2. The van der Waals surface area contributed by atoms with E-state index in [9.17, 15) is 4.79 Å². The molecular weight excluding hydrogens is 485 g/mol. The lowest BCUT2D eigenvalue weighted by Gasteiger charge is -2.20. The number of amides is 1. The lowest BCUT2D eigenvalue weighted by atomic mass is 10.2. The zero-order valence-electron chi connectivity index (χ0n) is 19.1. The van der Waals surface area contributed by atoms with E-state index in [1.807, 2.05) is 31.1 Å². The number of likely N-dealkylation sites (N-methyl/N-ethyl adjacent to an activating group) is 1. The van der Waals surface area contributed by atoms with Crippen LogP contribution in [-0.2, 0) is 4.79 Å². The number of hydrogen-bond donors (Lipinski definition) is 0. The van der Waals surface area contributed by atoms with Gasteiger partial charge in [-0.2, -0.15) is 0 Å². The molecular formula is C23H27Cl2N3O4S. The van der Waals surface area contributed by atoms with Crippen LogP contribution >= 0.6 is 35.3 Å². The van der Waals surface area contributed by atoms with E-state index in [4.69, 9.17) is 25.8 Å². The first kappa shape index (κ1) is 26.7. The summed E-state index contributed by atoms with van der Waals surface area (Å²) in [5, 5.41) is 1.14. The van der Waals surface area contributed by atoms with Crippen LogP contribution in [0.3, 0.4) is 0 Å². The topological polar surface area (TPSA) is 64.1 Å². The van der Waals surface area contributed by atoms with Crippen molar-refractivity contribution in [3.05, 3.63) is 47.0 Å². The van der Waals surface area contributed by atoms with Crippen molar-refractivity contribution >= 4 is 62.7 Å². The smallest absolute Gasteiger partial charge is 0.252 e. The van der Waals surface area contributed by atoms with Crippen LogP contribution < -0.4 is 19.1 Å². The molecule has 0 fully saturated rings. The van der Waals surface area contributed by atoms with Crippen molar-refractivity contribution in [2.24, 2.45) is 0 Å². The Bertz CT molecular complexity index is 1130. The Kier molecular flexibility index (Phi) is 9.79. The highest BCUT2D eigenvalue weighted by molar-refractivity contribution is 7.23. The largest absolute Gasteiger partial charge is 0.494 e. The fraction of sp³-hybridized carbons (Fsp3) is 0.304. The van der Waals surface area contributed by atoms with Gasteiger partial charge in [0.05, 0.1) is 31.1 Å². The first-order chi connectivity index (χ1) is 15.4. The molecule has 0 N–H and O–H groups in total. The van der Waals surface area contributed by atoms with Gasteiger partial charge in [-0.1, -0.05) is 29.0 Å². The van der Waals surface area contributed by atoms with Crippen molar-refractivity contribution in [3.63, 3.8) is 0 Å². The minimum Gasteiger partial charge on any atom is -0.494 e. The minimum atomic E-state index is -0.184. The molecule has 0 saturated carbocycles. The Hall–Kier alpha value is -2.52. The lowest BCUT2D eigenvalue weighted by molar-refractivity contribution is -0.114. The van der Waals surface area contributed by atoms with Gasteiger partial charge in [-0.3, -0.25) is 9.69 Å². The molecule has 0 spiro atoms. The molecule has 0 atom stereocenters. The van der Waals surface area contributed by atoms with E-state index in [0.717, 1.165) is 10.3 Å². The Morgan fingerprint density at radius 3 is 2.33 bits per heavy atom.